The van der Waals surface area contributed by atoms with Crippen LogP contribution in [-0.2, 0) is 14.3 Å². The average molecular weight is 264 g/mol. The Hall–Kier alpha value is -1.30. The minimum atomic E-state index is -0.126. The van der Waals surface area contributed by atoms with Gasteiger partial charge in [0.05, 0.1) is 0 Å². The molecule has 1 atom stereocenters. The fourth-order valence-electron chi connectivity index (χ4n) is 2.11. The molecular weight excluding hydrogens is 240 g/mol. The van der Waals surface area contributed by atoms with Gasteiger partial charge in [0.15, 0.2) is 0 Å². The smallest absolute Gasteiger partial charge is 0.306 e. The summed E-state index contributed by atoms with van der Waals surface area (Å²) in [7, 11) is 0. The standard InChI is InChI=1S/C16H24O3/c1-3-8-15(14-11-12-14)19-16(18)10-7-5-4-6-9-13(2)17/h1,14-15H,4-12H2,2H3/t15-/m0/s1. The summed E-state index contributed by atoms with van der Waals surface area (Å²) in [5.74, 6) is 3.19. The molecule has 0 unspecified atom stereocenters. The Morgan fingerprint density at radius 1 is 1.21 bits per heavy atom. The second-order valence-corrected chi connectivity index (χ2v) is 5.39. The summed E-state index contributed by atoms with van der Waals surface area (Å²) in [4.78, 5) is 22.4. The molecule has 1 rings (SSSR count). The zero-order chi connectivity index (χ0) is 14.1. The highest BCUT2D eigenvalue weighted by Gasteiger charge is 2.33. The maximum Gasteiger partial charge on any atom is 0.306 e. The number of esters is 1. The molecule has 0 spiro atoms. The van der Waals surface area contributed by atoms with Crippen LogP contribution < -0.4 is 0 Å². The van der Waals surface area contributed by atoms with Crippen molar-refractivity contribution in [3.05, 3.63) is 0 Å². The van der Waals surface area contributed by atoms with Gasteiger partial charge < -0.3 is 9.53 Å². The molecule has 0 N–H and O–H groups in total. The van der Waals surface area contributed by atoms with Crippen molar-refractivity contribution in [2.45, 2.75) is 70.8 Å². The molecule has 0 radical (unpaired) electrons. The summed E-state index contributed by atoms with van der Waals surface area (Å²) in [6, 6.07) is 0. The molecule has 19 heavy (non-hydrogen) atoms. The van der Waals surface area contributed by atoms with Crippen molar-refractivity contribution >= 4 is 11.8 Å². The molecule has 0 bridgehead atoms. The Morgan fingerprint density at radius 2 is 1.84 bits per heavy atom. The first-order chi connectivity index (χ1) is 9.13. The van der Waals surface area contributed by atoms with E-state index in [1.54, 1.807) is 6.92 Å². The number of Topliss-reactive ketones (excluding diaryl/α,β-unsaturated/α-hetero) is 1. The van der Waals surface area contributed by atoms with Crippen molar-refractivity contribution in [3.63, 3.8) is 0 Å². The number of rotatable bonds is 10. The SMILES string of the molecule is C#CC[C@H](OC(=O)CCCCCCC(C)=O)C1CC1. The average Bonchev–Trinajstić information content (AvgIpc) is 3.17. The molecule has 0 saturated heterocycles. The van der Waals surface area contributed by atoms with Crippen LogP contribution in [0.5, 0.6) is 0 Å². The number of unbranched alkanes of at least 4 members (excludes halogenated alkanes) is 3. The van der Waals surface area contributed by atoms with Gasteiger partial charge in [0.1, 0.15) is 11.9 Å². The molecule has 106 valence electrons. The first-order valence-electron chi connectivity index (χ1n) is 7.26. The number of ether oxygens (including phenoxy) is 1. The predicted molar refractivity (Wildman–Crippen MR) is 74.4 cm³/mol. The molecule has 0 heterocycles. The van der Waals surface area contributed by atoms with Gasteiger partial charge in [-0.3, -0.25) is 4.79 Å². The third kappa shape index (κ3) is 7.66. The minimum Gasteiger partial charge on any atom is -0.461 e. The van der Waals surface area contributed by atoms with Gasteiger partial charge in [-0.1, -0.05) is 12.8 Å². The van der Waals surface area contributed by atoms with Crippen molar-refractivity contribution in [1.82, 2.24) is 0 Å². The third-order valence-electron chi connectivity index (χ3n) is 3.41. The van der Waals surface area contributed by atoms with E-state index in [2.05, 4.69) is 5.92 Å². The predicted octanol–water partition coefficient (Wildman–Crippen LogP) is 3.26. The van der Waals surface area contributed by atoms with E-state index in [-0.39, 0.29) is 17.9 Å². The lowest BCUT2D eigenvalue weighted by Crippen LogP contribution is -2.19. The molecule has 1 fully saturated rings. The van der Waals surface area contributed by atoms with Crippen LogP contribution in [0.2, 0.25) is 0 Å². The molecule has 1 aliphatic rings. The van der Waals surface area contributed by atoms with E-state index in [1.807, 2.05) is 0 Å². The van der Waals surface area contributed by atoms with Gasteiger partial charge >= 0.3 is 5.97 Å². The Kier molecular flexibility index (Phi) is 7.25. The normalized spacial score (nSPS) is 15.6. The lowest BCUT2D eigenvalue weighted by molar-refractivity contribution is -0.150. The highest BCUT2D eigenvalue weighted by Crippen LogP contribution is 2.35. The van der Waals surface area contributed by atoms with E-state index in [9.17, 15) is 9.59 Å². The maximum absolute atomic E-state index is 11.7. The summed E-state index contributed by atoms with van der Waals surface area (Å²) in [6.45, 7) is 1.61. The van der Waals surface area contributed by atoms with Crippen molar-refractivity contribution in [3.8, 4) is 12.3 Å². The first kappa shape index (κ1) is 15.8. The van der Waals surface area contributed by atoms with Crippen LogP contribution in [0, 0.1) is 18.3 Å². The zero-order valence-electron chi connectivity index (χ0n) is 11.8. The number of ketones is 1. The van der Waals surface area contributed by atoms with E-state index in [0.29, 0.717) is 25.2 Å². The molecule has 3 nitrogen and oxygen atoms in total. The van der Waals surface area contributed by atoms with Gasteiger partial charge in [-0.05, 0) is 38.5 Å². The molecule has 0 aromatic rings. The van der Waals surface area contributed by atoms with E-state index in [0.717, 1.165) is 38.5 Å². The second kappa shape index (κ2) is 8.74. The number of terminal acetylenes is 1. The lowest BCUT2D eigenvalue weighted by Gasteiger charge is -2.14. The van der Waals surface area contributed by atoms with E-state index in [4.69, 9.17) is 11.2 Å². The summed E-state index contributed by atoms with van der Waals surface area (Å²) in [5.41, 5.74) is 0. The summed E-state index contributed by atoms with van der Waals surface area (Å²) in [5, 5.41) is 0. The van der Waals surface area contributed by atoms with Crippen LogP contribution >= 0.6 is 0 Å². The van der Waals surface area contributed by atoms with Crippen LogP contribution in [0.3, 0.4) is 0 Å². The first-order valence-corrected chi connectivity index (χ1v) is 7.26. The highest BCUT2D eigenvalue weighted by molar-refractivity contribution is 5.75. The van der Waals surface area contributed by atoms with Gasteiger partial charge in [-0.15, -0.1) is 12.3 Å². The van der Waals surface area contributed by atoms with Crippen LogP contribution in [0.4, 0.5) is 0 Å². The summed E-state index contributed by atoms with van der Waals surface area (Å²) >= 11 is 0. The third-order valence-corrected chi connectivity index (χ3v) is 3.41. The number of carbonyl (C=O) groups excluding carboxylic acids is 2. The Bertz CT molecular complexity index is 336. The Balaban J connectivity index is 2.04. The summed E-state index contributed by atoms with van der Waals surface area (Å²) < 4.78 is 5.42. The van der Waals surface area contributed by atoms with Crippen molar-refractivity contribution in [2.75, 3.05) is 0 Å². The lowest BCUT2D eigenvalue weighted by atomic mass is 10.1. The summed E-state index contributed by atoms with van der Waals surface area (Å²) in [6.07, 6.45) is 12.9. The van der Waals surface area contributed by atoms with Crippen LogP contribution in [0.15, 0.2) is 0 Å². The number of carbonyl (C=O) groups is 2. The Labute approximate surface area is 116 Å². The molecular formula is C16H24O3. The topological polar surface area (TPSA) is 43.4 Å². The number of hydrogen-bond donors (Lipinski definition) is 0. The van der Waals surface area contributed by atoms with Gasteiger partial charge in [0.2, 0.25) is 0 Å². The highest BCUT2D eigenvalue weighted by atomic mass is 16.5. The molecule has 0 aromatic heterocycles. The fraction of sp³-hybridized carbons (Fsp3) is 0.750. The fourth-order valence-corrected chi connectivity index (χ4v) is 2.11. The zero-order valence-corrected chi connectivity index (χ0v) is 11.8. The van der Waals surface area contributed by atoms with Gasteiger partial charge in [0, 0.05) is 19.3 Å². The van der Waals surface area contributed by atoms with E-state index >= 15 is 0 Å². The monoisotopic (exact) mass is 264 g/mol. The van der Waals surface area contributed by atoms with Crippen LogP contribution in [0.25, 0.3) is 0 Å². The molecule has 0 amide bonds. The maximum atomic E-state index is 11.7. The molecule has 0 aliphatic heterocycles. The van der Waals surface area contributed by atoms with E-state index < -0.39 is 0 Å². The largest absolute Gasteiger partial charge is 0.461 e. The van der Waals surface area contributed by atoms with Gasteiger partial charge in [0.25, 0.3) is 0 Å². The quantitative estimate of drug-likeness (QED) is 0.345. The van der Waals surface area contributed by atoms with Crippen molar-refractivity contribution < 1.29 is 14.3 Å². The van der Waals surface area contributed by atoms with Gasteiger partial charge in [-0.2, -0.15) is 0 Å². The number of hydrogen-bond acceptors (Lipinski definition) is 3. The van der Waals surface area contributed by atoms with Crippen LogP contribution in [0.1, 0.15) is 64.7 Å². The molecule has 0 aromatic carbocycles. The van der Waals surface area contributed by atoms with Crippen molar-refractivity contribution in [2.24, 2.45) is 5.92 Å². The van der Waals surface area contributed by atoms with Gasteiger partial charge in [-0.25, -0.2) is 0 Å². The minimum absolute atomic E-state index is 0.0600. The molecule has 1 saturated carbocycles. The van der Waals surface area contributed by atoms with E-state index in [1.165, 1.54) is 0 Å². The second-order valence-electron chi connectivity index (χ2n) is 5.39. The van der Waals surface area contributed by atoms with Crippen LogP contribution in [-0.4, -0.2) is 17.9 Å². The van der Waals surface area contributed by atoms with Crippen molar-refractivity contribution in [1.29, 1.82) is 0 Å². The molecule has 3 heteroatoms. The molecule has 1 aliphatic carbocycles. The Morgan fingerprint density at radius 3 is 2.37 bits per heavy atom.